The number of hydrogen-bond acceptors (Lipinski definition) is 6. The van der Waals surface area contributed by atoms with Crippen LogP contribution in [0.1, 0.15) is 49.7 Å². The predicted molar refractivity (Wildman–Crippen MR) is 144 cm³/mol. The fraction of sp³-hybridized carbons (Fsp3) is 0.500. The van der Waals surface area contributed by atoms with Crippen LogP contribution in [0.3, 0.4) is 0 Å². The molecule has 3 aliphatic rings. The Balaban J connectivity index is 1.29. The first-order valence-electron chi connectivity index (χ1n) is 13.0. The fourth-order valence-electron chi connectivity index (χ4n) is 5.63. The van der Waals surface area contributed by atoms with E-state index in [1.165, 1.54) is 6.20 Å². The first-order valence-corrected chi connectivity index (χ1v) is 13.8. The van der Waals surface area contributed by atoms with E-state index >= 15 is 0 Å². The highest BCUT2D eigenvalue weighted by molar-refractivity contribution is 6.42. The highest BCUT2D eigenvalue weighted by Crippen LogP contribution is 2.40. The number of aromatic nitrogens is 1. The summed E-state index contributed by atoms with van der Waals surface area (Å²) in [4.78, 5) is 34.3. The van der Waals surface area contributed by atoms with Crippen molar-refractivity contribution >= 4 is 35.0 Å². The molecule has 2 amide bonds. The van der Waals surface area contributed by atoms with E-state index in [1.54, 1.807) is 18.2 Å². The summed E-state index contributed by atoms with van der Waals surface area (Å²) in [5.74, 6) is 0.420. The first-order chi connectivity index (χ1) is 18.2. The van der Waals surface area contributed by atoms with E-state index in [2.05, 4.69) is 11.1 Å². The Morgan fingerprint density at radius 1 is 1.13 bits per heavy atom. The van der Waals surface area contributed by atoms with Gasteiger partial charge in [-0.15, -0.1) is 0 Å². The lowest BCUT2D eigenvalue weighted by Crippen LogP contribution is -2.50. The minimum atomic E-state index is -0.675. The van der Waals surface area contributed by atoms with E-state index in [0.29, 0.717) is 60.5 Å². The Hall–Kier alpha value is -2.86. The Kier molecular flexibility index (Phi) is 7.54. The molecule has 2 N–H and O–H groups in total. The summed E-state index contributed by atoms with van der Waals surface area (Å²) in [7, 11) is 0. The van der Waals surface area contributed by atoms with Gasteiger partial charge in [0.1, 0.15) is 12.2 Å². The lowest BCUT2D eigenvalue weighted by molar-refractivity contribution is -0.141. The maximum atomic E-state index is 13.6. The molecule has 0 spiro atoms. The summed E-state index contributed by atoms with van der Waals surface area (Å²) >= 11 is 12.5. The summed E-state index contributed by atoms with van der Waals surface area (Å²) in [6.07, 6.45) is 3.99. The number of piperidine rings is 1. The monoisotopic (exact) mass is 555 g/mol. The number of rotatable bonds is 6. The van der Waals surface area contributed by atoms with Crippen LogP contribution in [0.2, 0.25) is 10.0 Å². The predicted octanol–water partition coefficient (Wildman–Crippen LogP) is 4.00. The summed E-state index contributed by atoms with van der Waals surface area (Å²) in [6.45, 7) is 4.18. The molecule has 3 atom stereocenters. The molecule has 5 rings (SSSR count). The second kappa shape index (κ2) is 10.7. The zero-order valence-electron chi connectivity index (χ0n) is 21.3. The Labute approximate surface area is 232 Å². The van der Waals surface area contributed by atoms with Gasteiger partial charge in [0.15, 0.2) is 0 Å². The maximum absolute atomic E-state index is 13.6. The van der Waals surface area contributed by atoms with Crippen LogP contribution < -0.4 is 10.5 Å². The van der Waals surface area contributed by atoms with Crippen molar-refractivity contribution in [2.24, 2.45) is 17.6 Å². The zero-order chi connectivity index (χ0) is 27.0. The van der Waals surface area contributed by atoms with Crippen molar-refractivity contribution < 1.29 is 14.3 Å². The average Bonchev–Trinajstić information content (AvgIpc) is 3.52. The van der Waals surface area contributed by atoms with Crippen LogP contribution in [0.4, 0.5) is 0 Å². The normalized spacial score (nSPS) is 23.6. The number of amides is 2. The van der Waals surface area contributed by atoms with Crippen molar-refractivity contribution in [3.63, 3.8) is 0 Å². The Bertz CT molecular complexity index is 1250. The standard InChI is InChI=1S/C28H31Cl2N5O3/c1-17(38-25-5-2-18(13-31)14-33-25)21-15-35(16-22(21)20-3-4-23(29)24(30)12-20)26(36)19-6-10-34(11-7-19)27(37)28(32)8-9-28/h2-5,12,14,17,19,21-22H,6-11,15-16,32H2,1H3. The molecule has 3 heterocycles. The molecule has 1 aliphatic carbocycles. The van der Waals surface area contributed by atoms with Crippen molar-refractivity contribution in [3.05, 3.63) is 57.7 Å². The van der Waals surface area contributed by atoms with Crippen molar-refractivity contribution in [1.29, 1.82) is 5.26 Å². The van der Waals surface area contributed by atoms with Crippen LogP contribution in [-0.4, -0.2) is 64.4 Å². The highest BCUT2D eigenvalue weighted by Gasteiger charge is 2.49. The number of likely N-dealkylation sites (tertiary alicyclic amines) is 2. The number of pyridine rings is 1. The molecule has 3 fully saturated rings. The molecule has 200 valence electrons. The summed E-state index contributed by atoms with van der Waals surface area (Å²) in [5, 5.41) is 10.00. The van der Waals surface area contributed by atoms with E-state index in [1.807, 2.05) is 28.9 Å². The van der Waals surface area contributed by atoms with Crippen LogP contribution >= 0.6 is 23.2 Å². The average molecular weight is 556 g/mol. The minimum absolute atomic E-state index is 0.00395. The summed E-state index contributed by atoms with van der Waals surface area (Å²) in [5.41, 5.74) is 6.89. The number of hydrogen-bond donors (Lipinski definition) is 1. The second-order valence-corrected chi connectivity index (χ2v) is 11.5. The molecule has 2 aromatic rings. The molecule has 1 saturated carbocycles. The Morgan fingerprint density at radius 3 is 2.47 bits per heavy atom. The van der Waals surface area contributed by atoms with Crippen LogP contribution in [0, 0.1) is 23.2 Å². The molecule has 1 aromatic heterocycles. The summed E-state index contributed by atoms with van der Waals surface area (Å²) in [6, 6.07) is 11.0. The number of nitriles is 1. The molecular formula is C28H31Cl2N5O3. The van der Waals surface area contributed by atoms with Gasteiger partial charge >= 0.3 is 0 Å². The lowest BCUT2D eigenvalue weighted by atomic mass is 9.86. The first kappa shape index (κ1) is 26.7. The van der Waals surface area contributed by atoms with Crippen molar-refractivity contribution in [2.45, 2.75) is 50.2 Å². The highest BCUT2D eigenvalue weighted by atomic mass is 35.5. The fourth-order valence-corrected chi connectivity index (χ4v) is 5.93. The van der Waals surface area contributed by atoms with Gasteiger partial charge in [-0.05, 0) is 56.4 Å². The van der Waals surface area contributed by atoms with E-state index in [4.69, 9.17) is 38.9 Å². The van der Waals surface area contributed by atoms with E-state index in [0.717, 1.165) is 18.4 Å². The number of carbonyl (C=O) groups is 2. The van der Waals surface area contributed by atoms with Gasteiger partial charge in [0.25, 0.3) is 0 Å². The smallest absolute Gasteiger partial charge is 0.242 e. The van der Waals surface area contributed by atoms with Gasteiger partial charge in [-0.1, -0.05) is 29.3 Å². The number of nitrogens with two attached hydrogens (primary N) is 1. The minimum Gasteiger partial charge on any atom is -0.474 e. The third-order valence-electron chi connectivity index (χ3n) is 8.17. The van der Waals surface area contributed by atoms with Crippen molar-refractivity contribution in [1.82, 2.24) is 14.8 Å². The molecule has 1 aromatic carbocycles. The molecule has 10 heteroatoms. The van der Waals surface area contributed by atoms with Crippen molar-refractivity contribution in [2.75, 3.05) is 26.2 Å². The van der Waals surface area contributed by atoms with Crippen LogP contribution in [0.15, 0.2) is 36.5 Å². The number of halogens is 2. The van der Waals surface area contributed by atoms with Gasteiger partial charge in [0.05, 0.1) is 21.1 Å². The molecule has 0 bridgehead atoms. The molecule has 8 nitrogen and oxygen atoms in total. The maximum Gasteiger partial charge on any atom is 0.242 e. The second-order valence-electron chi connectivity index (χ2n) is 10.7. The van der Waals surface area contributed by atoms with Crippen molar-refractivity contribution in [3.8, 4) is 11.9 Å². The van der Waals surface area contributed by atoms with Crippen LogP contribution in [0.5, 0.6) is 5.88 Å². The summed E-state index contributed by atoms with van der Waals surface area (Å²) < 4.78 is 6.18. The zero-order valence-corrected chi connectivity index (χ0v) is 22.8. The third kappa shape index (κ3) is 5.47. The SMILES string of the molecule is CC(Oc1ccc(C#N)cn1)C1CN(C(=O)C2CCN(C(=O)C3(N)CC3)CC2)CC1c1ccc(Cl)c(Cl)c1. The molecule has 2 aliphatic heterocycles. The number of nitrogens with zero attached hydrogens (tertiary/aromatic N) is 4. The number of carbonyl (C=O) groups excluding carboxylic acids is 2. The number of benzene rings is 1. The third-order valence-corrected chi connectivity index (χ3v) is 8.91. The van der Waals surface area contributed by atoms with E-state index in [9.17, 15) is 9.59 Å². The van der Waals surface area contributed by atoms with E-state index < -0.39 is 5.54 Å². The van der Waals surface area contributed by atoms with Gasteiger partial charge in [0, 0.05) is 56.2 Å². The van der Waals surface area contributed by atoms with Crippen LogP contribution in [-0.2, 0) is 9.59 Å². The molecule has 3 unspecified atom stereocenters. The molecule has 0 radical (unpaired) electrons. The van der Waals surface area contributed by atoms with E-state index in [-0.39, 0.29) is 35.7 Å². The van der Waals surface area contributed by atoms with Gasteiger partial charge in [-0.3, -0.25) is 9.59 Å². The molecular weight excluding hydrogens is 525 g/mol. The van der Waals surface area contributed by atoms with Gasteiger partial charge < -0.3 is 20.3 Å². The number of ether oxygens (including phenoxy) is 1. The molecule has 38 heavy (non-hydrogen) atoms. The molecule has 2 saturated heterocycles. The largest absolute Gasteiger partial charge is 0.474 e. The lowest BCUT2D eigenvalue weighted by Gasteiger charge is -2.34. The topological polar surface area (TPSA) is 113 Å². The van der Waals surface area contributed by atoms with Crippen LogP contribution in [0.25, 0.3) is 0 Å². The van der Waals surface area contributed by atoms with Gasteiger partial charge in [-0.25, -0.2) is 4.98 Å². The Morgan fingerprint density at radius 2 is 1.87 bits per heavy atom. The quantitative estimate of drug-likeness (QED) is 0.576. The van der Waals surface area contributed by atoms with Gasteiger partial charge in [-0.2, -0.15) is 5.26 Å². The van der Waals surface area contributed by atoms with Gasteiger partial charge in [0.2, 0.25) is 17.7 Å².